The molecule has 1 amide bonds. The maximum absolute atomic E-state index is 13.2. The van der Waals surface area contributed by atoms with E-state index in [0.29, 0.717) is 80.3 Å². The molecule has 1 saturated heterocycles. The lowest BCUT2D eigenvalue weighted by Gasteiger charge is -2.15. The molecule has 5 aromatic rings. The number of carbonyl (C=O) groups is 2. The quantitative estimate of drug-likeness (QED) is 0.128. The molecule has 14 heteroatoms. The monoisotopic (exact) mass is 703 g/mol. The summed E-state index contributed by atoms with van der Waals surface area (Å²) < 4.78 is 8.59. The summed E-state index contributed by atoms with van der Waals surface area (Å²) >= 11 is 14.1. The molecule has 1 aliphatic heterocycles. The summed E-state index contributed by atoms with van der Waals surface area (Å²) in [6.07, 6.45) is 3.09. The third-order valence-corrected chi connectivity index (χ3v) is 9.35. The number of pyridine rings is 1. The fourth-order valence-electron chi connectivity index (χ4n) is 5.91. The van der Waals surface area contributed by atoms with Crippen molar-refractivity contribution in [1.82, 2.24) is 35.1 Å². The highest BCUT2D eigenvalue weighted by molar-refractivity contribution is 6.39. The minimum atomic E-state index is -0.907. The van der Waals surface area contributed by atoms with Crippen LogP contribution in [-0.2, 0) is 29.7 Å². The van der Waals surface area contributed by atoms with Crippen molar-refractivity contribution in [3.05, 3.63) is 92.6 Å². The molecule has 254 valence electrons. The average molecular weight is 705 g/mol. The smallest absolute Gasteiger partial charge is 0.304 e. The summed E-state index contributed by atoms with van der Waals surface area (Å²) in [6.45, 7) is 1.67. The highest BCUT2D eigenvalue weighted by Gasteiger charge is 2.21. The zero-order valence-electron chi connectivity index (χ0n) is 26.9. The Labute approximate surface area is 292 Å². The average Bonchev–Trinajstić information content (AvgIpc) is 3.71. The van der Waals surface area contributed by atoms with Gasteiger partial charge in [-0.2, -0.15) is 5.10 Å². The Morgan fingerprint density at radius 3 is 2.43 bits per heavy atom. The van der Waals surface area contributed by atoms with Crippen LogP contribution in [-0.4, -0.2) is 62.4 Å². The molecule has 4 heterocycles. The molecule has 0 saturated carbocycles. The van der Waals surface area contributed by atoms with Gasteiger partial charge in [0, 0.05) is 78.7 Å². The molecule has 1 atom stereocenters. The number of hydrogen-bond acceptors (Lipinski definition) is 8. The molecule has 12 nitrogen and oxygen atoms in total. The molecule has 1 fully saturated rings. The van der Waals surface area contributed by atoms with Crippen LogP contribution >= 0.6 is 23.2 Å². The Kier molecular flexibility index (Phi) is 10.3. The number of benzene rings is 2. The largest absolute Gasteiger partial charge is 0.481 e. The number of nitrogens with zero attached hydrogens (tertiary/aromatic N) is 4. The molecule has 0 unspecified atom stereocenters. The Hall–Kier alpha value is -4.75. The summed E-state index contributed by atoms with van der Waals surface area (Å²) in [4.78, 5) is 40.3. The zero-order valence-corrected chi connectivity index (χ0v) is 28.4. The molecule has 4 N–H and O–H groups in total. The van der Waals surface area contributed by atoms with E-state index in [0.717, 1.165) is 12.0 Å². The Balaban J connectivity index is 1.26. The molecule has 1 aliphatic rings. The summed E-state index contributed by atoms with van der Waals surface area (Å²) in [7, 11) is 3.21. The van der Waals surface area contributed by atoms with E-state index in [9.17, 15) is 14.4 Å². The number of carboxylic acids is 1. The number of methoxy groups -OCH3 is 1. The Morgan fingerprint density at radius 1 is 1.02 bits per heavy atom. The second kappa shape index (κ2) is 14.8. The maximum atomic E-state index is 13.2. The van der Waals surface area contributed by atoms with Gasteiger partial charge < -0.3 is 25.8 Å². The normalized spacial score (nSPS) is 14.4. The van der Waals surface area contributed by atoms with Crippen LogP contribution in [0.1, 0.15) is 30.7 Å². The minimum absolute atomic E-state index is 0.0373. The molecular formula is C35H35Cl2N7O5. The number of rotatable bonds is 13. The van der Waals surface area contributed by atoms with Gasteiger partial charge in [0.15, 0.2) is 0 Å². The topological polar surface area (TPSA) is 152 Å². The standard InChI is InChI=1S/C35H35Cl2N7O5/c1-43-29(18-38-14-13-31(46)47)42-44-19-21(15-28(44)35(43)48)23-5-3-6-24(32(23)36)25-7-4-8-26(33(25)37)27-11-9-20(34(41-27)49-2)16-39-17-22-10-12-30(45)40-22/h3-9,11,15,19,22,38-39H,10,12-14,16-18H2,1-2H3,(H,40,45)(H,46,47)/t22-/m1/s1. The van der Waals surface area contributed by atoms with E-state index in [1.807, 2.05) is 48.5 Å². The van der Waals surface area contributed by atoms with Crippen LogP contribution < -0.4 is 26.2 Å². The number of aromatic nitrogens is 4. The van der Waals surface area contributed by atoms with Gasteiger partial charge in [0.25, 0.3) is 5.56 Å². The van der Waals surface area contributed by atoms with E-state index < -0.39 is 5.97 Å². The fourth-order valence-corrected chi connectivity index (χ4v) is 6.58. The maximum Gasteiger partial charge on any atom is 0.304 e. The first-order valence-electron chi connectivity index (χ1n) is 15.8. The number of hydrogen-bond donors (Lipinski definition) is 4. The summed E-state index contributed by atoms with van der Waals surface area (Å²) in [5.74, 6) is 0.112. The molecule has 0 spiro atoms. The van der Waals surface area contributed by atoms with Crippen molar-refractivity contribution in [2.45, 2.75) is 38.4 Å². The predicted octanol–water partition coefficient (Wildman–Crippen LogP) is 4.68. The molecule has 0 aliphatic carbocycles. The second-order valence-electron chi connectivity index (χ2n) is 11.8. The van der Waals surface area contributed by atoms with Gasteiger partial charge in [-0.15, -0.1) is 0 Å². The van der Waals surface area contributed by atoms with Crippen LogP contribution in [0.3, 0.4) is 0 Å². The van der Waals surface area contributed by atoms with E-state index in [-0.39, 0.29) is 37.0 Å². The number of fused-ring (bicyclic) bond motifs is 1. The van der Waals surface area contributed by atoms with Crippen LogP contribution in [0.4, 0.5) is 0 Å². The van der Waals surface area contributed by atoms with Gasteiger partial charge in [-0.05, 0) is 18.6 Å². The van der Waals surface area contributed by atoms with E-state index >= 15 is 0 Å². The first-order chi connectivity index (χ1) is 23.6. The molecule has 3 aromatic heterocycles. The third kappa shape index (κ3) is 7.32. The van der Waals surface area contributed by atoms with Crippen molar-refractivity contribution in [3.63, 3.8) is 0 Å². The van der Waals surface area contributed by atoms with Crippen LogP contribution in [0.2, 0.25) is 10.0 Å². The van der Waals surface area contributed by atoms with Gasteiger partial charge >= 0.3 is 5.97 Å². The lowest BCUT2D eigenvalue weighted by Crippen LogP contribution is -2.35. The summed E-state index contributed by atoms with van der Waals surface area (Å²) in [6, 6.07) is 17.0. The number of amides is 1. The fraction of sp³-hybridized carbons (Fsp3) is 0.286. The number of halogens is 2. The van der Waals surface area contributed by atoms with Crippen LogP contribution in [0.25, 0.3) is 39.0 Å². The molecular weight excluding hydrogens is 669 g/mol. The van der Waals surface area contributed by atoms with Crippen molar-refractivity contribution in [2.75, 3.05) is 20.2 Å². The molecule has 0 bridgehead atoms. The van der Waals surface area contributed by atoms with Gasteiger partial charge in [-0.25, -0.2) is 9.50 Å². The van der Waals surface area contributed by atoms with Gasteiger partial charge in [0.2, 0.25) is 11.8 Å². The van der Waals surface area contributed by atoms with Crippen molar-refractivity contribution in [3.8, 4) is 39.4 Å². The Morgan fingerprint density at radius 2 is 1.73 bits per heavy atom. The van der Waals surface area contributed by atoms with Crippen molar-refractivity contribution >= 4 is 40.6 Å². The summed E-state index contributed by atoms with van der Waals surface area (Å²) in [5, 5.41) is 23.8. The van der Waals surface area contributed by atoms with Gasteiger partial charge in [0.05, 0.1) is 35.8 Å². The Bertz CT molecular complexity index is 2110. The van der Waals surface area contributed by atoms with Crippen molar-refractivity contribution < 1.29 is 19.4 Å². The van der Waals surface area contributed by atoms with Gasteiger partial charge in [-0.3, -0.25) is 19.0 Å². The highest BCUT2D eigenvalue weighted by atomic mass is 35.5. The van der Waals surface area contributed by atoms with Gasteiger partial charge in [-0.1, -0.05) is 65.7 Å². The van der Waals surface area contributed by atoms with E-state index in [1.54, 1.807) is 26.4 Å². The summed E-state index contributed by atoms with van der Waals surface area (Å²) in [5.41, 5.74) is 5.17. The van der Waals surface area contributed by atoms with Gasteiger partial charge in [0.1, 0.15) is 11.3 Å². The lowest BCUT2D eigenvalue weighted by molar-refractivity contribution is -0.136. The molecule has 6 rings (SSSR count). The van der Waals surface area contributed by atoms with Crippen molar-refractivity contribution in [2.24, 2.45) is 7.05 Å². The molecule has 2 aromatic carbocycles. The number of carboxylic acid groups (broad SMARTS) is 1. The SMILES string of the molecule is COc1nc(-c2cccc(-c3cccc(-c4cc5c(=O)n(C)c(CNCCC(=O)O)nn5c4)c3Cl)c2Cl)ccc1CNC[C@H]1CCC(=O)N1. The number of aliphatic carboxylic acids is 1. The van der Waals surface area contributed by atoms with E-state index in [2.05, 4.69) is 21.0 Å². The third-order valence-electron chi connectivity index (χ3n) is 8.53. The minimum Gasteiger partial charge on any atom is -0.481 e. The second-order valence-corrected chi connectivity index (χ2v) is 12.5. The van der Waals surface area contributed by atoms with Crippen molar-refractivity contribution in [1.29, 1.82) is 0 Å². The van der Waals surface area contributed by atoms with Crippen LogP contribution in [0.5, 0.6) is 5.88 Å². The number of carbonyl (C=O) groups excluding carboxylic acids is 1. The van der Waals surface area contributed by atoms with Crippen LogP contribution in [0.15, 0.2) is 65.6 Å². The predicted molar refractivity (Wildman–Crippen MR) is 188 cm³/mol. The van der Waals surface area contributed by atoms with E-state index in [1.165, 1.54) is 9.08 Å². The first-order valence-corrected chi connectivity index (χ1v) is 16.5. The highest BCUT2D eigenvalue weighted by Crippen LogP contribution is 2.42. The van der Waals surface area contributed by atoms with Crippen LogP contribution in [0, 0.1) is 0 Å². The zero-order chi connectivity index (χ0) is 34.7. The van der Waals surface area contributed by atoms with E-state index in [4.69, 9.17) is 38.0 Å². The first kappa shape index (κ1) is 34.1. The lowest BCUT2D eigenvalue weighted by atomic mass is 9.97. The number of ether oxygens (including phenoxy) is 1. The molecule has 49 heavy (non-hydrogen) atoms. The number of nitrogens with one attached hydrogen (secondary N) is 3. The molecule has 0 radical (unpaired) electrons.